The quantitative estimate of drug-likeness (QED) is 0.772. The van der Waals surface area contributed by atoms with Gasteiger partial charge >= 0.3 is 0 Å². The maximum absolute atomic E-state index is 2.75. The van der Waals surface area contributed by atoms with Gasteiger partial charge in [0.1, 0.15) is 0 Å². The summed E-state index contributed by atoms with van der Waals surface area (Å²) in [5.74, 6) is 0. The summed E-state index contributed by atoms with van der Waals surface area (Å²) in [6.45, 7) is 4.00. The minimum Gasteiger partial charge on any atom is -0.323 e. The molecular weight excluding hydrogens is 206 g/mol. The van der Waals surface area contributed by atoms with E-state index in [-0.39, 0.29) is 0 Å². The maximum atomic E-state index is 2.75. The van der Waals surface area contributed by atoms with Gasteiger partial charge in [-0.15, -0.1) is 0 Å². The Hall–Kier alpha value is -1.60. The van der Waals surface area contributed by atoms with Crippen LogP contribution in [0.2, 0.25) is 0 Å². The molecule has 0 spiro atoms. The van der Waals surface area contributed by atoms with Crippen LogP contribution in [0.15, 0.2) is 60.7 Å². The summed E-state index contributed by atoms with van der Waals surface area (Å²) in [4.78, 5) is 0. The molecule has 1 heteroatoms. The first-order valence-corrected chi connectivity index (χ1v) is 6.07. The molecule has 0 aliphatic rings. The van der Waals surface area contributed by atoms with E-state index in [2.05, 4.69) is 53.8 Å². The summed E-state index contributed by atoms with van der Waals surface area (Å²) in [6, 6.07) is 20.8. The van der Waals surface area contributed by atoms with Crippen LogP contribution in [0, 0.1) is 0 Å². The van der Waals surface area contributed by atoms with E-state index in [9.17, 15) is 0 Å². The summed E-state index contributed by atoms with van der Waals surface area (Å²) in [6.07, 6.45) is 0. The molecule has 1 N–H and O–H groups in total. The molecule has 2 aromatic rings. The Balaban J connectivity index is 0.000000450. The van der Waals surface area contributed by atoms with Gasteiger partial charge in [-0.3, -0.25) is 0 Å². The lowest BCUT2D eigenvalue weighted by Crippen LogP contribution is -1.89. The summed E-state index contributed by atoms with van der Waals surface area (Å²) in [7, 11) is 3.75. The van der Waals surface area contributed by atoms with Crippen molar-refractivity contribution in [1.82, 2.24) is 5.32 Å². The van der Waals surface area contributed by atoms with Crippen molar-refractivity contribution in [3.05, 3.63) is 60.7 Å². The number of hydrogen-bond donors (Lipinski definition) is 1. The third kappa shape index (κ3) is 6.54. The molecule has 0 amide bonds. The Morgan fingerprint density at radius 2 is 0.824 bits per heavy atom. The summed E-state index contributed by atoms with van der Waals surface area (Å²) in [5, 5.41) is 2.75. The molecule has 0 atom stereocenters. The molecule has 0 saturated heterocycles. The first kappa shape index (κ1) is 15.4. The van der Waals surface area contributed by atoms with Crippen molar-refractivity contribution in [2.45, 2.75) is 13.8 Å². The van der Waals surface area contributed by atoms with Crippen LogP contribution in [0.4, 0.5) is 0 Å². The molecule has 0 aliphatic heterocycles. The Labute approximate surface area is 106 Å². The van der Waals surface area contributed by atoms with Crippen LogP contribution in [0.5, 0.6) is 0 Å². The molecular formula is C16H23N. The second-order valence-corrected chi connectivity index (χ2v) is 3.23. The van der Waals surface area contributed by atoms with Gasteiger partial charge in [-0.2, -0.15) is 0 Å². The molecule has 0 bridgehead atoms. The molecule has 92 valence electrons. The molecule has 2 rings (SSSR count). The SMILES string of the molecule is CC.CNC.c1ccc(-c2ccccc2)cc1. The van der Waals surface area contributed by atoms with E-state index in [1.807, 2.05) is 40.1 Å². The van der Waals surface area contributed by atoms with E-state index in [0.717, 1.165) is 0 Å². The van der Waals surface area contributed by atoms with Gasteiger partial charge in [0.25, 0.3) is 0 Å². The van der Waals surface area contributed by atoms with Crippen molar-refractivity contribution in [3.63, 3.8) is 0 Å². The van der Waals surface area contributed by atoms with E-state index in [1.165, 1.54) is 11.1 Å². The first-order valence-electron chi connectivity index (χ1n) is 6.07. The van der Waals surface area contributed by atoms with Crippen LogP contribution in [-0.2, 0) is 0 Å². The zero-order valence-corrected chi connectivity index (χ0v) is 11.3. The summed E-state index contributed by atoms with van der Waals surface area (Å²) in [5.41, 5.74) is 2.55. The highest BCUT2D eigenvalue weighted by molar-refractivity contribution is 5.62. The van der Waals surface area contributed by atoms with Crippen molar-refractivity contribution >= 4 is 0 Å². The number of nitrogens with one attached hydrogen (secondary N) is 1. The molecule has 1 nitrogen and oxygen atoms in total. The average molecular weight is 229 g/mol. The number of rotatable bonds is 1. The molecule has 0 fully saturated rings. The van der Waals surface area contributed by atoms with Crippen LogP contribution in [0.25, 0.3) is 11.1 Å². The predicted octanol–water partition coefficient (Wildman–Crippen LogP) is 4.22. The van der Waals surface area contributed by atoms with Crippen LogP contribution in [0.1, 0.15) is 13.8 Å². The van der Waals surface area contributed by atoms with Crippen molar-refractivity contribution in [3.8, 4) is 11.1 Å². The van der Waals surface area contributed by atoms with Crippen molar-refractivity contribution in [2.24, 2.45) is 0 Å². The molecule has 0 heterocycles. The predicted molar refractivity (Wildman–Crippen MR) is 78.2 cm³/mol. The van der Waals surface area contributed by atoms with Crippen LogP contribution < -0.4 is 5.32 Å². The van der Waals surface area contributed by atoms with Crippen LogP contribution >= 0.6 is 0 Å². The highest BCUT2D eigenvalue weighted by atomic mass is 14.7. The lowest BCUT2D eigenvalue weighted by atomic mass is 10.1. The Morgan fingerprint density at radius 3 is 1.06 bits per heavy atom. The van der Waals surface area contributed by atoms with Crippen molar-refractivity contribution in [2.75, 3.05) is 14.1 Å². The second kappa shape index (κ2) is 10.9. The Morgan fingerprint density at radius 1 is 0.588 bits per heavy atom. The molecule has 0 saturated carbocycles. The topological polar surface area (TPSA) is 12.0 Å². The smallest absolute Gasteiger partial charge is 0.0167 e. The lowest BCUT2D eigenvalue weighted by Gasteiger charge is -1.98. The highest BCUT2D eigenvalue weighted by Gasteiger charge is 1.91. The van der Waals surface area contributed by atoms with Gasteiger partial charge in [0.05, 0.1) is 0 Å². The minimum absolute atomic E-state index is 1.28. The van der Waals surface area contributed by atoms with Gasteiger partial charge in [-0.05, 0) is 25.2 Å². The van der Waals surface area contributed by atoms with Crippen LogP contribution in [-0.4, -0.2) is 14.1 Å². The minimum atomic E-state index is 1.28. The summed E-state index contributed by atoms with van der Waals surface area (Å²) >= 11 is 0. The van der Waals surface area contributed by atoms with Gasteiger partial charge in [-0.1, -0.05) is 74.5 Å². The van der Waals surface area contributed by atoms with Gasteiger partial charge in [0.15, 0.2) is 0 Å². The third-order valence-electron chi connectivity index (χ3n) is 1.88. The fraction of sp³-hybridized carbons (Fsp3) is 0.250. The highest BCUT2D eigenvalue weighted by Crippen LogP contribution is 2.17. The van der Waals surface area contributed by atoms with Crippen molar-refractivity contribution in [1.29, 1.82) is 0 Å². The molecule has 2 aromatic carbocycles. The fourth-order valence-corrected chi connectivity index (χ4v) is 1.26. The van der Waals surface area contributed by atoms with Gasteiger partial charge in [0, 0.05) is 0 Å². The van der Waals surface area contributed by atoms with Crippen molar-refractivity contribution < 1.29 is 0 Å². The monoisotopic (exact) mass is 229 g/mol. The van der Waals surface area contributed by atoms with Gasteiger partial charge in [-0.25, -0.2) is 0 Å². The number of benzene rings is 2. The Kier molecular flexibility index (Phi) is 9.88. The lowest BCUT2D eigenvalue weighted by molar-refractivity contribution is 1.02. The fourth-order valence-electron chi connectivity index (χ4n) is 1.26. The summed E-state index contributed by atoms with van der Waals surface area (Å²) < 4.78 is 0. The maximum Gasteiger partial charge on any atom is -0.0167 e. The number of hydrogen-bond acceptors (Lipinski definition) is 1. The zero-order valence-electron chi connectivity index (χ0n) is 11.3. The molecule has 0 aliphatic carbocycles. The largest absolute Gasteiger partial charge is 0.323 e. The van der Waals surface area contributed by atoms with E-state index in [0.29, 0.717) is 0 Å². The van der Waals surface area contributed by atoms with E-state index < -0.39 is 0 Å². The van der Waals surface area contributed by atoms with Gasteiger partial charge in [0.2, 0.25) is 0 Å². The first-order chi connectivity index (χ1) is 8.38. The van der Waals surface area contributed by atoms with Gasteiger partial charge < -0.3 is 5.32 Å². The van der Waals surface area contributed by atoms with E-state index >= 15 is 0 Å². The normalized spacial score (nSPS) is 8.24. The van der Waals surface area contributed by atoms with E-state index in [1.54, 1.807) is 0 Å². The molecule has 0 radical (unpaired) electrons. The third-order valence-corrected chi connectivity index (χ3v) is 1.88. The van der Waals surface area contributed by atoms with Crippen LogP contribution in [0.3, 0.4) is 0 Å². The standard InChI is InChI=1S/C12H10.C2H7N.C2H6/c1-3-7-11(8-4-1)12-9-5-2-6-10-12;1-3-2;1-2/h1-10H;3H,1-2H3;1-2H3. The molecule has 17 heavy (non-hydrogen) atoms. The molecule has 0 aromatic heterocycles. The molecule has 0 unspecified atom stereocenters. The van der Waals surface area contributed by atoms with E-state index in [4.69, 9.17) is 0 Å². The zero-order chi connectivity index (χ0) is 12.9. The second-order valence-electron chi connectivity index (χ2n) is 3.23. The average Bonchev–Trinajstić information content (AvgIpc) is 2.44. The Bertz CT molecular complexity index is 316.